The van der Waals surface area contributed by atoms with Gasteiger partial charge in [-0.2, -0.15) is 0 Å². The van der Waals surface area contributed by atoms with Crippen molar-refractivity contribution in [1.82, 2.24) is 10.3 Å². The highest BCUT2D eigenvalue weighted by atomic mass is 32.1. The zero-order chi connectivity index (χ0) is 12.0. The predicted octanol–water partition coefficient (Wildman–Crippen LogP) is 2.86. The van der Waals surface area contributed by atoms with Gasteiger partial charge in [0, 0.05) is 22.7 Å². The van der Waals surface area contributed by atoms with Gasteiger partial charge in [-0.3, -0.25) is 4.99 Å². The molecular weight excluding hydrogens is 230 g/mol. The number of rotatable bonds is 1. The second-order valence-electron chi connectivity index (χ2n) is 4.68. The summed E-state index contributed by atoms with van der Waals surface area (Å²) in [5.74, 6) is 1.04. The summed E-state index contributed by atoms with van der Waals surface area (Å²) in [5, 5.41) is 4.67. The standard InChI is InChI=1S/C13H15N3S/c1-7(2)15-12-11-10(6-14-12)9-5-4-8(3)16-13(9)17-11/h4-5,7H,6H2,1-3H3,(H,14,15). The van der Waals surface area contributed by atoms with Crippen molar-refractivity contribution in [3.63, 3.8) is 0 Å². The van der Waals surface area contributed by atoms with Gasteiger partial charge in [0.15, 0.2) is 0 Å². The normalized spacial score (nSPS) is 14.2. The predicted molar refractivity (Wildman–Crippen MR) is 72.9 cm³/mol. The van der Waals surface area contributed by atoms with Crippen molar-refractivity contribution < 1.29 is 0 Å². The van der Waals surface area contributed by atoms with E-state index < -0.39 is 0 Å². The molecule has 2 aromatic rings. The molecule has 0 aliphatic carbocycles. The third-order valence-corrected chi connectivity index (χ3v) is 3.98. The molecule has 0 radical (unpaired) electrons. The zero-order valence-electron chi connectivity index (χ0n) is 10.2. The number of hydrogen-bond donors (Lipinski definition) is 1. The lowest BCUT2D eigenvalue weighted by atomic mass is 10.2. The van der Waals surface area contributed by atoms with Gasteiger partial charge < -0.3 is 5.32 Å². The molecule has 0 spiro atoms. The van der Waals surface area contributed by atoms with Crippen LogP contribution >= 0.6 is 11.3 Å². The van der Waals surface area contributed by atoms with E-state index in [-0.39, 0.29) is 0 Å². The molecule has 3 nitrogen and oxygen atoms in total. The number of hydrogen-bond acceptors (Lipinski definition) is 4. The molecule has 3 heterocycles. The summed E-state index contributed by atoms with van der Waals surface area (Å²) >= 11 is 1.75. The van der Waals surface area contributed by atoms with Crippen molar-refractivity contribution >= 4 is 27.4 Å². The summed E-state index contributed by atoms with van der Waals surface area (Å²) in [6.45, 7) is 7.09. The Morgan fingerprint density at radius 2 is 2.18 bits per heavy atom. The number of pyridine rings is 1. The highest BCUT2D eigenvalue weighted by Gasteiger charge is 2.22. The number of nitrogens with one attached hydrogen (secondary N) is 1. The number of aryl methyl sites for hydroxylation is 1. The summed E-state index contributed by atoms with van der Waals surface area (Å²) in [5.41, 5.74) is 2.41. The van der Waals surface area contributed by atoms with Crippen molar-refractivity contribution in [2.24, 2.45) is 4.99 Å². The zero-order valence-corrected chi connectivity index (χ0v) is 11.1. The van der Waals surface area contributed by atoms with E-state index in [4.69, 9.17) is 0 Å². The lowest BCUT2D eigenvalue weighted by Crippen LogP contribution is -2.29. The molecule has 0 fully saturated rings. The average Bonchev–Trinajstić information content (AvgIpc) is 2.77. The Morgan fingerprint density at radius 1 is 1.35 bits per heavy atom. The number of fused-ring (bicyclic) bond motifs is 3. The largest absolute Gasteiger partial charge is 0.367 e. The van der Waals surface area contributed by atoms with Crippen LogP contribution in [0.15, 0.2) is 17.1 Å². The molecule has 0 atom stereocenters. The van der Waals surface area contributed by atoms with Gasteiger partial charge in [0.25, 0.3) is 0 Å². The minimum absolute atomic E-state index is 0.416. The third-order valence-electron chi connectivity index (χ3n) is 2.83. The van der Waals surface area contributed by atoms with Gasteiger partial charge in [0.2, 0.25) is 0 Å². The van der Waals surface area contributed by atoms with E-state index in [2.05, 4.69) is 41.3 Å². The van der Waals surface area contributed by atoms with E-state index >= 15 is 0 Å². The van der Waals surface area contributed by atoms with Crippen molar-refractivity contribution in [3.05, 3.63) is 28.3 Å². The van der Waals surface area contributed by atoms with Crippen LogP contribution in [-0.4, -0.2) is 16.9 Å². The number of thiophene rings is 1. The molecule has 1 N–H and O–H groups in total. The highest BCUT2D eigenvalue weighted by Crippen LogP contribution is 2.34. The Morgan fingerprint density at radius 3 is 2.94 bits per heavy atom. The van der Waals surface area contributed by atoms with Crippen molar-refractivity contribution in [2.75, 3.05) is 0 Å². The van der Waals surface area contributed by atoms with Crippen LogP contribution in [0.2, 0.25) is 0 Å². The number of amidine groups is 1. The maximum Gasteiger partial charge on any atom is 0.139 e. The fourth-order valence-electron chi connectivity index (χ4n) is 2.08. The Kier molecular flexibility index (Phi) is 2.40. The summed E-state index contributed by atoms with van der Waals surface area (Å²) in [7, 11) is 0. The maximum atomic E-state index is 4.59. The van der Waals surface area contributed by atoms with E-state index in [1.165, 1.54) is 15.8 Å². The molecule has 88 valence electrons. The van der Waals surface area contributed by atoms with E-state index in [9.17, 15) is 0 Å². The average molecular weight is 245 g/mol. The van der Waals surface area contributed by atoms with E-state index in [1.54, 1.807) is 11.3 Å². The molecule has 4 heteroatoms. The van der Waals surface area contributed by atoms with Crippen LogP contribution in [0.1, 0.15) is 30.0 Å². The van der Waals surface area contributed by atoms with Crippen LogP contribution < -0.4 is 5.32 Å². The van der Waals surface area contributed by atoms with Gasteiger partial charge in [-0.15, -0.1) is 11.3 Å². The maximum absolute atomic E-state index is 4.59. The molecular formula is C13H15N3S. The van der Waals surface area contributed by atoms with E-state index in [1.807, 2.05) is 6.92 Å². The Balaban J connectivity index is 2.10. The first-order valence-corrected chi connectivity index (χ1v) is 6.67. The molecule has 3 rings (SSSR count). The smallest absolute Gasteiger partial charge is 0.139 e. The topological polar surface area (TPSA) is 37.3 Å². The lowest BCUT2D eigenvalue weighted by molar-refractivity contribution is 0.734. The number of nitrogens with zero attached hydrogens (tertiary/aromatic N) is 2. The summed E-state index contributed by atoms with van der Waals surface area (Å²) in [4.78, 5) is 11.6. The first-order valence-electron chi connectivity index (χ1n) is 5.85. The summed E-state index contributed by atoms with van der Waals surface area (Å²) in [6, 6.07) is 4.66. The van der Waals surface area contributed by atoms with Gasteiger partial charge in [-0.25, -0.2) is 4.98 Å². The van der Waals surface area contributed by atoms with Crippen molar-refractivity contribution in [1.29, 1.82) is 0 Å². The molecule has 0 aromatic carbocycles. The molecule has 0 saturated heterocycles. The van der Waals surface area contributed by atoms with Crippen LogP contribution in [0.25, 0.3) is 10.2 Å². The van der Waals surface area contributed by atoms with E-state index in [0.717, 1.165) is 22.9 Å². The minimum atomic E-state index is 0.416. The van der Waals surface area contributed by atoms with Crippen LogP contribution in [0.3, 0.4) is 0 Å². The van der Waals surface area contributed by atoms with Crippen LogP contribution in [0.5, 0.6) is 0 Å². The first kappa shape index (κ1) is 10.7. The molecule has 0 amide bonds. The third kappa shape index (κ3) is 1.72. The summed E-state index contributed by atoms with van der Waals surface area (Å²) < 4.78 is 0. The molecule has 1 aliphatic rings. The molecule has 0 bridgehead atoms. The molecule has 17 heavy (non-hydrogen) atoms. The molecule has 1 aliphatic heterocycles. The number of aromatic nitrogens is 1. The Hall–Kier alpha value is -1.42. The number of aliphatic imine (C=N–C) groups is 1. The molecule has 0 saturated carbocycles. The first-order chi connectivity index (χ1) is 8.15. The van der Waals surface area contributed by atoms with Crippen LogP contribution in [-0.2, 0) is 6.54 Å². The fourth-order valence-corrected chi connectivity index (χ4v) is 3.29. The second-order valence-corrected chi connectivity index (χ2v) is 5.68. The molecule has 0 unspecified atom stereocenters. The Labute approximate surface area is 105 Å². The van der Waals surface area contributed by atoms with Gasteiger partial charge >= 0.3 is 0 Å². The van der Waals surface area contributed by atoms with E-state index in [0.29, 0.717) is 6.04 Å². The quantitative estimate of drug-likeness (QED) is 0.839. The monoisotopic (exact) mass is 245 g/mol. The molecule has 2 aromatic heterocycles. The second kappa shape index (κ2) is 3.81. The Bertz CT molecular complexity index is 610. The SMILES string of the molecule is Cc1ccc2c3c(sc2n1)C(NC(C)C)=NC3. The van der Waals surface area contributed by atoms with Crippen molar-refractivity contribution in [3.8, 4) is 0 Å². The van der Waals surface area contributed by atoms with Crippen molar-refractivity contribution in [2.45, 2.75) is 33.4 Å². The van der Waals surface area contributed by atoms with Gasteiger partial charge in [0.1, 0.15) is 10.7 Å². The van der Waals surface area contributed by atoms with Gasteiger partial charge in [-0.1, -0.05) is 0 Å². The summed E-state index contributed by atoms with van der Waals surface area (Å²) in [6.07, 6.45) is 0. The van der Waals surface area contributed by atoms with Gasteiger partial charge in [-0.05, 0) is 32.9 Å². The van der Waals surface area contributed by atoms with Crippen LogP contribution in [0, 0.1) is 6.92 Å². The highest BCUT2D eigenvalue weighted by molar-refractivity contribution is 7.20. The van der Waals surface area contributed by atoms with Gasteiger partial charge in [0.05, 0.1) is 11.4 Å². The lowest BCUT2D eigenvalue weighted by Gasteiger charge is -2.08. The fraction of sp³-hybridized carbons (Fsp3) is 0.385. The minimum Gasteiger partial charge on any atom is -0.367 e. The van der Waals surface area contributed by atoms with Crippen LogP contribution in [0.4, 0.5) is 0 Å².